The average Bonchev–Trinajstić information content (AvgIpc) is 2.97. The first kappa shape index (κ1) is 20.7. The third kappa shape index (κ3) is 6.55. The minimum Gasteiger partial charge on any atom is -0.466 e. The summed E-state index contributed by atoms with van der Waals surface area (Å²) in [4.78, 5) is 31.0. The van der Waals surface area contributed by atoms with Crippen molar-refractivity contribution >= 4 is 11.8 Å². The Balaban J connectivity index is 1.87. The number of aryl methyl sites for hydroxylation is 2. The third-order valence-electron chi connectivity index (χ3n) is 4.18. The number of nitrogens with zero attached hydrogens (tertiary/aromatic N) is 2. The van der Waals surface area contributed by atoms with Crippen LogP contribution in [0, 0.1) is 19.8 Å². The van der Waals surface area contributed by atoms with Gasteiger partial charge in [-0.2, -0.15) is 0 Å². The highest BCUT2D eigenvalue weighted by Crippen LogP contribution is 2.17. The Hall–Kier alpha value is -2.63. The van der Waals surface area contributed by atoms with Crippen molar-refractivity contribution in [2.24, 2.45) is 5.92 Å². The van der Waals surface area contributed by atoms with E-state index in [0.29, 0.717) is 49.1 Å². The predicted octanol–water partition coefficient (Wildman–Crippen LogP) is 3.14. The van der Waals surface area contributed by atoms with E-state index in [1.807, 2.05) is 25.1 Å². The molecular weight excluding hydrogens is 342 g/mol. The molecule has 2 aromatic rings. The van der Waals surface area contributed by atoms with Crippen LogP contribution in [0.25, 0.3) is 0 Å². The van der Waals surface area contributed by atoms with Crippen molar-refractivity contribution in [3.63, 3.8) is 0 Å². The molecule has 1 N–H and O–H groups in total. The number of hydrogen-bond donors (Lipinski definition) is 1. The molecule has 2 aromatic heterocycles. The molecule has 0 bridgehead atoms. The summed E-state index contributed by atoms with van der Waals surface area (Å²) in [6, 6.07) is 7.49. The van der Waals surface area contributed by atoms with Crippen molar-refractivity contribution in [3.8, 4) is 0 Å². The van der Waals surface area contributed by atoms with Crippen molar-refractivity contribution in [1.82, 2.24) is 15.2 Å². The monoisotopic (exact) mass is 371 g/mol. The number of pyridine rings is 1. The maximum atomic E-state index is 12.9. The summed E-state index contributed by atoms with van der Waals surface area (Å²) < 4.78 is 5.48. The van der Waals surface area contributed by atoms with Gasteiger partial charge in [-0.1, -0.05) is 19.9 Å². The minimum atomic E-state index is -0.0839. The maximum absolute atomic E-state index is 12.9. The van der Waals surface area contributed by atoms with Gasteiger partial charge in [-0.25, -0.2) is 0 Å². The number of furan rings is 1. The average molecular weight is 371 g/mol. The zero-order valence-corrected chi connectivity index (χ0v) is 16.6. The molecule has 0 saturated carbocycles. The van der Waals surface area contributed by atoms with E-state index in [1.165, 1.54) is 0 Å². The van der Waals surface area contributed by atoms with Gasteiger partial charge in [-0.15, -0.1) is 0 Å². The Labute approximate surface area is 161 Å². The third-order valence-corrected chi connectivity index (χ3v) is 4.18. The highest BCUT2D eigenvalue weighted by molar-refractivity contribution is 5.95. The number of amides is 2. The van der Waals surface area contributed by atoms with Gasteiger partial charge in [0.05, 0.1) is 5.56 Å². The van der Waals surface area contributed by atoms with Crippen LogP contribution in [0.3, 0.4) is 0 Å². The molecule has 0 atom stereocenters. The highest BCUT2D eigenvalue weighted by Gasteiger charge is 2.21. The molecule has 2 rings (SSSR count). The van der Waals surface area contributed by atoms with Crippen molar-refractivity contribution in [2.45, 2.75) is 40.5 Å². The Kier molecular flexibility index (Phi) is 7.58. The second-order valence-corrected chi connectivity index (χ2v) is 7.14. The summed E-state index contributed by atoms with van der Waals surface area (Å²) in [5.41, 5.74) is 1.52. The van der Waals surface area contributed by atoms with Crippen LogP contribution in [0.2, 0.25) is 0 Å². The van der Waals surface area contributed by atoms with Crippen LogP contribution in [0.15, 0.2) is 34.9 Å². The fourth-order valence-corrected chi connectivity index (χ4v) is 2.93. The molecule has 6 nitrogen and oxygen atoms in total. The van der Waals surface area contributed by atoms with E-state index < -0.39 is 0 Å². The van der Waals surface area contributed by atoms with E-state index in [4.69, 9.17) is 4.42 Å². The Morgan fingerprint density at radius 3 is 2.63 bits per heavy atom. The lowest BCUT2D eigenvalue weighted by molar-refractivity contribution is -0.121. The smallest absolute Gasteiger partial charge is 0.257 e. The molecule has 0 unspecified atom stereocenters. The first-order chi connectivity index (χ1) is 12.9. The number of rotatable bonds is 9. The lowest BCUT2D eigenvalue weighted by atomic mass is 10.1. The lowest BCUT2D eigenvalue weighted by Crippen LogP contribution is -2.38. The van der Waals surface area contributed by atoms with Gasteiger partial charge in [-0.05, 0) is 38.0 Å². The van der Waals surface area contributed by atoms with E-state index >= 15 is 0 Å². The van der Waals surface area contributed by atoms with Gasteiger partial charge in [0.25, 0.3) is 5.91 Å². The van der Waals surface area contributed by atoms with Gasteiger partial charge in [0.15, 0.2) is 0 Å². The van der Waals surface area contributed by atoms with Crippen molar-refractivity contribution in [3.05, 3.63) is 53.2 Å². The topological polar surface area (TPSA) is 75.4 Å². The number of hydrogen-bond acceptors (Lipinski definition) is 4. The lowest BCUT2D eigenvalue weighted by Gasteiger charge is -2.24. The number of carbonyl (C=O) groups is 2. The second-order valence-electron chi connectivity index (χ2n) is 7.14. The summed E-state index contributed by atoms with van der Waals surface area (Å²) in [6.45, 7) is 9.25. The number of carbonyl (C=O) groups excluding carboxylic acids is 2. The van der Waals surface area contributed by atoms with Gasteiger partial charge in [0.1, 0.15) is 11.5 Å². The van der Waals surface area contributed by atoms with E-state index in [2.05, 4.69) is 24.1 Å². The van der Waals surface area contributed by atoms with Crippen LogP contribution >= 0.6 is 0 Å². The number of nitrogens with one attached hydrogen (secondary N) is 1. The van der Waals surface area contributed by atoms with Crippen molar-refractivity contribution in [1.29, 1.82) is 0 Å². The fraction of sp³-hybridized carbons (Fsp3) is 0.476. The minimum absolute atomic E-state index is 0.0624. The summed E-state index contributed by atoms with van der Waals surface area (Å²) >= 11 is 0. The van der Waals surface area contributed by atoms with Gasteiger partial charge >= 0.3 is 0 Å². The molecule has 0 aliphatic carbocycles. The molecule has 27 heavy (non-hydrogen) atoms. The van der Waals surface area contributed by atoms with E-state index in [9.17, 15) is 9.59 Å². The van der Waals surface area contributed by atoms with Crippen LogP contribution in [0.1, 0.15) is 47.8 Å². The van der Waals surface area contributed by atoms with Gasteiger partial charge < -0.3 is 14.6 Å². The molecule has 146 valence electrons. The van der Waals surface area contributed by atoms with Gasteiger partial charge in [0, 0.05) is 44.4 Å². The predicted molar refractivity (Wildman–Crippen MR) is 104 cm³/mol. The summed E-state index contributed by atoms with van der Waals surface area (Å²) in [6.07, 6.45) is 2.71. The van der Waals surface area contributed by atoms with Crippen LogP contribution in [-0.2, 0) is 11.2 Å². The molecule has 2 heterocycles. The molecule has 0 fully saturated rings. The zero-order valence-electron chi connectivity index (χ0n) is 16.6. The molecule has 0 spiro atoms. The van der Waals surface area contributed by atoms with Crippen molar-refractivity contribution in [2.75, 3.05) is 19.6 Å². The van der Waals surface area contributed by atoms with E-state index in [-0.39, 0.29) is 18.2 Å². The zero-order chi connectivity index (χ0) is 19.8. The van der Waals surface area contributed by atoms with E-state index in [1.54, 1.807) is 24.1 Å². The molecule has 6 heteroatoms. The van der Waals surface area contributed by atoms with Crippen LogP contribution < -0.4 is 5.32 Å². The number of aromatic nitrogens is 1. The van der Waals surface area contributed by atoms with Crippen LogP contribution in [0.4, 0.5) is 0 Å². The van der Waals surface area contributed by atoms with Crippen molar-refractivity contribution < 1.29 is 14.0 Å². The standard InChI is InChI=1S/C21H29N3O3/c1-15(2)14-24(21(26)19-13-16(3)27-17(19)4)12-9-20(25)23-11-8-18-7-5-6-10-22-18/h5-7,10,13,15H,8-9,11-12,14H2,1-4H3,(H,23,25). The molecule has 0 radical (unpaired) electrons. The largest absolute Gasteiger partial charge is 0.466 e. The molecule has 0 saturated heterocycles. The van der Waals surface area contributed by atoms with E-state index in [0.717, 1.165) is 5.69 Å². The first-order valence-corrected chi connectivity index (χ1v) is 9.39. The summed E-state index contributed by atoms with van der Waals surface area (Å²) in [7, 11) is 0. The normalized spacial score (nSPS) is 10.9. The SMILES string of the molecule is Cc1cc(C(=O)N(CCC(=O)NCCc2ccccn2)CC(C)C)c(C)o1. The molecule has 0 aliphatic rings. The fourth-order valence-electron chi connectivity index (χ4n) is 2.93. The second kappa shape index (κ2) is 9.90. The maximum Gasteiger partial charge on any atom is 0.257 e. The van der Waals surface area contributed by atoms with Crippen LogP contribution in [-0.4, -0.2) is 41.3 Å². The van der Waals surface area contributed by atoms with Crippen LogP contribution in [0.5, 0.6) is 0 Å². The quantitative estimate of drug-likeness (QED) is 0.735. The first-order valence-electron chi connectivity index (χ1n) is 9.39. The Morgan fingerprint density at radius 1 is 1.26 bits per heavy atom. The summed E-state index contributed by atoms with van der Waals surface area (Å²) in [5, 5.41) is 2.90. The van der Waals surface area contributed by atoms with Gasteiger partial charge in [-0.3, -0.25) is 14.6 Å². The molecule has 0 aliphatic heterocycles. The molecule has 2 amide bonds. The molecule has 0 aromatic carbocycles. The van der Waals surface area contributed by atoms with Gasteiger partial charge in [0.2, 0.25) is 5.91 Å². The highest BCUT2D eigenvalue weighted by atomic mass is 16.3. The Bertz CT molecular complexity index is 753. The molecular formula is C21H29N3O3. The Morgan fingerprint density at radius 2 is 2.04 bits per heavy atom. The summed E-state index contributed by atoms with van der Waals surface area (Å²) in [5.74, 6) is 1.50.